The molecule has 0 bridgehead atoms. The van der Waals surface area contributed by atoms with Crippen molar-refractivity contribution in [1.29, 1.82) is 0 Å². The van der Waals surface area contributed by atoms with Crippen LogP contribution in [0.25, 0.3) is 10.9 Å². The molecule has 0 saturated carbocycles. The predicted octanol–water partition coefficient (Wildman–Crippen LogP) is 3.55. The third-order valence-electron chi connectivity index (χ3n) is 3.42. The zero-order valence-corrected chi connectivity index (χ0v) is 12.2. The Morgan fingerprint density at radius 2 is 2.21 bits per heavy atom. The summed E-state index contributed by atoms with van der Waals surface area (Å²) < 4.78 is 5.43. The van der Waals surface area contributed by atoms with Crippen LogP contribution in [-0.2, 0) is 16.0 Å². The molecular formula is C15H14BrNO2. The van der Waals surface area contributed by atoms with E-state index in [1.807, 2.05) is 18.2 Å². The molecule has 98 valence electrons. The molecule has 2 atom stereocenters. The van der Waals surface area contributed by atoms with E-state index in [-0.39, 0.29) is 16.9 Å². The third-order valence-corrected chi connectivity index (χ3v) is 4.35. The Morgan fingerprint density at radius 1 is 1.42 bits per heavy atom. The molecule has 1 aliphatic rings. The van der Waals surface area contributed by atoms with Gasteiger partial charge >= 0.3 is 5.97 Å². The first-order valence-corrected chi connectivity index (χ1v) is 7.26. The predicted molar refractivity (Wildman–Crippen MR) is 77.3 cm³/mol. The van der Waals surface area contributed by atoms with E-state index in [9.17, 15) is 4.79 Å². The number of para-hydroxylation sites is 1. The number of halogens is 1. The minimum Gasteiger partial charge on any atom is -0.455 e. The first kappa shape index (κ1) is 12.6. The normalized spacial score (nSPS) is 22.0. The second-order valence-electron chi connectivity index (χ2n) is 4.81. The van der Waals surface area contributed by atoms with Gasteiger partial charge in [0.15, 0.2) is 6.10 Å². The van der Waals surface area contributed by atoms with Crippen LogP contribution in [0.3, 0.4) is 0 Å². The number of hydrogen-bond donors (Lipinski definition) is 0. The van der Waals surface area contributed by atoms with Gasteiger partial charge in [-0.25, -0.2) is 4.98 Å². The molecule has 0 radical (unpaired) electrons. The highest BCUT2D eigenvalue weighted by atomic mass is 79.9. The molecule has 4 heteroatoms. The van der Waals surface area contributed by atoms with Crippen molar-refractivity contribution >= 4 is 32.8 Å². The molecule has 0 amide bonds. The fourth-order valence-corrected chi connectivity index (χ4v) is 3.13. The number of benzene rings is 1. The molecule has 0 fully saturated rings. The van der Waals surface area contributed by atoms with Gasteiger partial charge in [-0.05, 0) is 30.5 Å². The fourth-order valence-electron chi connectivity index (χ4n) is 2.55. The Labute approximate surface area is 120 Å². The van der Waals surface area contributed by atoms with Gasteiger partial charge in [0.2, 0.25) is 0 Å². The summed E-state index contributed by atoms with van der Waals surface area (Å²) in [5.74, 6) is -0.266. The summed E-state index contributed by atoms with van der Waals surface area (Å²) in [6.07, 6.45) is 1.62. The van der Waals surface area contributed by atoms with Crippen molar-refractivity contribution in [3.05, 3.63) is 41.6 Å². The third kappa shape index (κ3) is 2.37. The minimum absolute atomic E-state index is 0.137. The number of nitrogens with zero attached hydrogens (tertiary/aromatic N) is 1. The van der Waals surface area contributed by atoms with E-state index < -0.39 is 0 Å². The molecule has 1 unspecified atom stereocenters. The summed E-state index contributed by atoms with van der Waals surface area (Å²) in [6.45, 7) is 1.44. The molecule has 1 heterocycles. The first-order chi connectivity index (χ1) is 9.15. The quantitative estimate of drug-likeness (QED) is 0.596. The van der Waals surface area contributed by atoms with Crippen LogP contribution in [0.5, 0.6) is 0 Å². The number of fused-ring (bicyclic) bond motifs is 2. The zero-order chi connectivity index (χ0) is 13.4. The lowest BCUT2D eigenvalue weighted by molar-refractivity contribution is -0.147. The monoisotopic (exact) mass is 319 g/mol. The first-order valence-electron chi connectivity index (χ1n) is 6.35. The van der Waals surface area contributed by atoms with Crippen molar-refractivity contribution in [3.8, 4) is 0 Å². The molecule has 1 aromatic carbocycles. The van der Waals surface area contributed by atoms with Crippen LogP contribution in [0.2, 0.25) is 0 Å². The van der Waals surface area contributed by atoms with Crippen LogP contribution in [0, 0.1) is 0 Å². The Bertz CT molecular complexity index is 641. The van der Waals surface area contributed by atoms with E-state index in [2.05, 4.69) is 28.1 Å². The number of esters is 1. The van der Waals surface area contributed by atoms with Gasteiger partial charge < -0.3 is 4.74 Å². The van der Waals surface area contributed by atoms with Crippen LogP contribution >= 0.6 is 15.9 Å². The van der Waals surface area contributed by atoms with Crippen LogP contribution < -0.4 is 0 Å². The van der Waals surface area contributed by atoms with E-state index in [0.717, 1.165) is 29.4 Å². The number of aryl methyl sites for hydroxylation is 1. The van der Waals surface area contributed by atoms with Crippen molar-refractivity contribution in [2.24, 2.45) is 0 Å². The smallest absolute Gasteiger partial charge is 0.303 e. The van der Waals surface area contributed by atoms with Gasteiger partial charge in [-0.15, -0.1) is 0 Å². The lowest BCUT2D eigenvalue weighted by atomic mass is 9.92. The number of ether oxygens (including phenoxy) is 1. The number of carbonyl (C=O) groups is 1. The Balaban J connectivity index is 2.12. The van der Waals surface area contributed by atoms with Crippen molar-refractivity contribution in [3.63, 3.8) is 0 Å². The number of pyridine rings is 1. The molecule has 0 N–H and O–H groups in total. The molecule has 1 aliphatic carbocycles. The van der Waals surface area contributed by atoms with Gasteiger partial charge in [0.1, 0.15) is 0 Å². The van der Waals surface area contributed by atoms with Crippen LogP contribution in [-0.4, -0.2) is 15.8 Å². The van der Waals surface area contributed by atoms with Gasteiger partial charge in [-0.2, -0.15) is 0 Å². The Kier molecular flexibility index (Phi) is 3.27. The molecule has 0 saturated heterocycles. The van der Waals surface area contributed by atoms with Crippen molar-refractivity contribution in [1.82, 2.24) is 4.98 Å². The summed E-state index contributed by atoms with van der Waals surface area (Å²) in [4.78, 5) is 16.1. The second kappa shape index (κ2) is 4.93. The highest BCUT2D eigenvalue weighted by Crippen LogP contribution is 2.37. The van der Waals surface area contributed by atoms with Gasteiger partial charge in [0, 0.05) is 12.3 Å². The zero-order valence-electron chi connectivity index (χ0n) is 10.6. The van der Waals surface area contributed by atoms with E-state index in [4.69, 9.17) is 9.72 Å². The molecule has 0 spiro atoms. The van der Waals surface area contributed by atoms with Gasteiger partial charge in [0.05, 0.1) is 16.0 Å². The van der Waals surface area contributed by atoms with E-state index >= 15 is 0 Å². The number of hydrogen-bond acceptors (Lipinski definition) is 3. The second-order valence-corrected chi connectivity index (χ2v) is 5.99. The van der Waals surface area contributed by atoms with Crippen LogP contribution in [0.1, 0.15) is 30.7 Å². The Morgan fingerprint density at radius 3 is 3.00 bits per heavy atom. The summed E-state index contributed by atoms with van der Waals surface area (Å²) >= 11 is 3.60. The van der Waals surface area contributed by atoms with Gasteiger partial charge in [-0.1, -0.05) is 34.1 Å². The molecule has 0 aliphatic heterocycles. The average molecular weight is 320 g/mol. The van der Waals surface area contributed by atoms with E-state index in [0.29, 0.717) is 0 Å². The summed E-state index contributed by atoms with van der Waals surface area (Å²) in [5.41, 5.74) is 3.02. The van der Waals surface area contributed by atoms with Crippen LogP contribution in [0.15, 0.2) is 30.3 Å². The molecule has 1 aromatic heterocycles. The average Bonchev–Trinajstić information content (AvgIpc) is 2.40. The topological polar surface area (TPSA) is 39.2 Å². The summed E-state index contributed by atoms with van der Waals surface area (Å²) in [5, 5.41) is 1.14. The highest BCUT2D eigenvalue weighted by molar-refractivity contribution is 9.09. The van der Waals surface area contributed by atoms with Gasteiger partial charge in [0.25, 0.3) is 0 Å². The fraction of sp³-hybridized carbons (Fsp3) is 0.333. The largest absolute Gasteiger partial charge is 0.455 e. The summed E-state index contributed by atoms with van der Waals surface area (Å²) in [7, 11) is 0. The molecule has 2 aromatic rings. The maximum Gasteiger partial charge on any atom is 0.303 e. The highest BCUT2D eigenvalue weighted by Gasteiger charge is 2.31. The number of aromatic nitrogens is 1. The van der Waals surface area contributed by atoms with Gasteiger partial charge in [-0.3, -0.25) is 4.79 Å². The SMILES string of the molecule is CC(=O)OC1c2nc3ccccc3cc2CC[C@@H]1Br. The molecule has 3 rings (SSSR count). The molecule has 19 heavy (non-hydrogen) atoms. The maximum atomic E-state index is 11.3. The number of alkyl halides is 1. The van der Waals surface area contributed by atoms with Crippen molar-refractivity contribution in [2.45, 2.75) is 30.7 Å². The number of carbonyl (C=O) groups excluding carboxylic acids is 1. The lowest BCUT2D eigenvalue weighted by Gasteiger charge is -2.28. The molecular weight excluding hydrogens is 306 g/mol. The van der Waals surface area contributed by atoms with E-state index in [1.165, 1.54) is 12.5 Å². The van der Waals surface area contributed by atoms with E-state index in [1.54, 1.807) is 0 Å². The standard InChI is InChI=1S/C15H14BrNO2/c1-9(18)19-15-12(16)7-6-11-8-10-4-2-3-5-13(10)17-14(11)15/h2-5,8,12,15H,6-7H2,1H3/t12-,15?/m0/s1. The summed E-state index contributed by atoms with van der Waals surface area (Å²) in [6, 6.07) is 10.2. The maximum absolute atomic E-state index is 11.3. The van der Waals surface area contributed by atoms with Crippen LogP contribution in [0.4, 0.5) is 0 Å². The number of rotatable bonds is 1. The lowest BCUT2D eigenvalue weighted by Crippen LogP contribution is -2.26. The molecule has 3 nitrogen and oxygen atoms in total. The Hall–Kier alpha value is -1.42. The van der Waals surface area contributed by atoms with Crippen molar-refractivity contribution in [2.75, 3.05) is 0 Å². The van der Waals surface area contributed by atoms with Crippen molar-refractivity contribution < 1.29 is 9.53 Å². The minimum atomic E-state index is -0.286.